The van der Waals surface area contributed by atoms with Gasteiger partial charge in [0, 0.05) is 13.5 Å². The number of rotatable bonds is 4. The molecule has 0 spiro atoms. The van der Waals surface area contributed by atoms with E-state index in [9.17, 15) is 9.59 Å². The first-order chi connectivity index (χ1) is 4.20. The van der Waals surface area contributed by atoms with Crippen molar-refractivity contribution in [1.29, 1.82) is 0 Å². The Morgan fingerprint density at radius 1 is 1.78 bits per heavy atom. The van der Waals surface area contributed by atoms with Gasteiger partial charge in [0.25, 0.3) is 0 Å². The summed E-state index contributed by atoms with van der Waals surface area (Å²) in [5.41, 5.74) is 0. The molecule has 0 aliphatic carbocycles. The number of Topliss-reactive ketones (excluding diaryl/α,β-unsaturated/α-hetero) is 1. The number of ether oxygens (including phenoxy) is 1. The number of carbonyl (C=O) groups is 2. The van der Waals surface area contributed by atoms with Crippen molar-refractivity contribution in [1.82, 2.24) is 0 Å². The van der Waals surface area contributed by atoms with Gasteiger partial charge in [0.2, 0.25) is 0 Å². The van der Waals surface area contributed by atoms with Crippen LogP contribution >= 0.6 is 0 Å². The number of hydrogen-bond donors (Lipinski definition) is 0. The molecule has 1 unspecified atom stereocenters. The van der Waals surface area contributed by atoms with Crippen molar-refractivity contribution in [3.05, 3.63) is 0 Å². The Balaban J connectivity index is 3.55. The minimum absolute atomic E-state index is 0.0334. The maximum Gasteiger partial charge on any atom is 0.149 e. The molecule has 9 heavy (non-hydrogen) atoms. The summed E-state index contributed by atoms with van der Waals surface area (Å²) in [5, 5.41) is 0. The van der Waals surface area contributed by atoms with Crippen LogP contribution in [-0.2, 0) is 14.3 Å². The first kappa shape index (κ1) is 8.30. The number of aldehydes is 1. The molecule has 0 fully saturated rings. The molecule has 3 heteroatoms. The molecule has 0 saturated carbocycles. The van der Waals surface area contributed by atoms with E-state index in [2.05, 4.69) is 4.74 Å². The fourth-order valence-corrected chi connectivity index (χ4v) is 0.470. The Morgan fingerprint density at radius 2 is 2.33 bits per heavy atom. The Bertz CT molecular complexity index is 109. The molecule has 0 bridgehead atoms. The van der Waals surface area contributed by atoms with Crippen LogP contribution in [0.2, 0.25) is 0 Å². The summed E-state index contributed by atoms with van der Waals surface area (Å²) in [6, 6.07) is 0. The lowest BCUT2D eigenvalue weighted by atomic mass is 10.2. The van der Waals surface area contributed by atoms with Gasteiger partial charge in [-0.3, -0.25) is 4.79 Å². The third kappa shape index (κ3) is 3.85. The van der Waals surface area contributed by atoms with E-state index in [4.69, 9.17) is 0 Å². The number of methoxy groups -OCH3 is 1. The first-order valence-electron chi connectivity index (χ1n) is 2.68. The molecule has 1 atom stereocenters. The Morgan fingerprint density at radius 3 is 2.44 bits per heavy atom. The Hall–Kier alpha value is -0.700. The Labute approximate surface area is 54.0 Å². The predicted octanol–water partition coefficient (Wildman–Crippen LogP) is 0.179. The van der Waals surface area contributed by atoms with Crippen molar-refractivity contribution in [2.45, 2.75) is 19.4 Å². The van der Waals surface area contributed by atoms with Crippen molar-refractivity contribution < 1.29 is 14.3 Å². The quantitative estimate of drug-likeness (QED) is 0.510. The van der Waals surface area contributed by atoms with Crippen LogP contribution in [0, 0.1) is 0 Å². The van der Waals surface area contributed by atoms with Gasteiger partial charge in [-0.15, -0.1) is 0 Å². The van der Waals surface area contributed by atoms with E-state index in [1.165, 1.54) is 14.0 Å². The molecule has 0 aliphatic heterocycles. The number of hydrogen-bond acceptors (Lipinski definition) is 3. The average molecular weight is 130 g/mol. The van der Waals surface area contributed by atoms with Gasteiger partial charge in [-0.1, -0.05) is 0 Å². The van der Waals surface area contributed by atoms with Crippen LogP contribution in [-0.4, -0.2) is 25.3 Å². The van der Waals surface area contributed by atoms with Crippen molar-refractivity contribution in [2.24, 2.45) is 0 Å². The van der Waals surface area contributed by atoms with Crippen LogP contribution in [0.4, 0.5) is 0 Å². The second-order valence-corrected chi connectivity index (χ2v) is 1.82. The normalized spacial score (nSPS) is 12.7. The maximum absolute atomic E-state index is 10.3. The molecule has 52 valence electrons. The lowest BCUT2D eigenvalue weighted by Gasteiger charge is -2.02. The van der Waals surface area contributed by atoms with Gasteiger partial charge in [0.05, 0.1) is 0 Å². The van der Waals surface area contributed by atoms with Crippen LogP contribution in [0.15, 0.2) is 0 Å². The highest BCUT2D eigenvalue weighted by Gasteiger charge is 2.06. The van der Waals surface area contributed by atoms with E-state index in [-0.39, 0.29) is 12.2 Å². The third-order valence-electron chi connectivity index (χ3n) is 0.943. The second kappa shape index (κ2) is 4.21. The van der Waals surface area contributed by atoms with Crippen LogP contribution in [0.25, 0.3) is 0 Å². The molecule has 0 N–H and O–H groups in total. The molecule has 0 radical (unpaired) electrons. The summed E-state index contributed by atoms with van der Waals surface area (Å²) in [7, 11) is 1.40. The van der Waals surface area contributed by atoms with Crippen molar-refractivity contribution in [3.63, 3.8) is 0 Å². The third-order valence-corrected chi connectivity index (χ3v) is 0.943. The monoisotopic (exact) mass is 130 g/mol. The minimum atomic E-state index is -0.553. The lowest BCUT2D eigenvalue weighted by molar-refractivity contribution is -0.125. The molecule has 0 aromatic carbocycles. The van der Waals surface area contributed by atoms with Crippen LogP contribution in [0.1, 0.15) is 13.3 Å². The van der Waals surface area contributed by atoms with E-state index in [0.717, 1.165) is 0 Å². The molecule has 0 saturated heterocycles. The zero-order valence-corrected chi connectivity index (χ0v) is 5.59. The predicted molar refractivity (Wildman–Crippen MR) is 32.2 cm³/mol. The maximum atomic E-state index is 10.3. The first-order valence-corrected chi connectivity index (χ1v) is 2.68. The van der Waals surface area contributed by atoms with Gasteiger partial charge in [-0.05, 0) is 6.92 Å². The summed E-state index contributed by atoms with van der Waals surface area (Å²) < 4.78 is 4.62. The summed E-state index contributed by atoms with van der Waals surface area (Å²) in [5.74, 6) is -0.0334. The van der Waals surface area contributed by atoms with Gasteiger partial charge in [0.15, 0.2) is 0 Å². The SMILES string of the molecule is COC(C=O)CC(C)=O. The van der Waals surface area contributed by atoms with Crippen molar-refractivity contribution >= 4 is 12.1 Å². The largest absolute Gasteiger partial charge is 0.374 e. The number of carbonyl (C=O) groups excluding carboxylic acids is 2. The fourth-order valence-electron chi connectivity index (χ4n) is 0.470. The van der Waals surface area contributed by atoms with Crippen LogP contribution in [0.5, 0.6) is 0 Å². The highest BCUT2D eigenvalue weighted by molar-refractivity contribution is 5.79. The second-order valence-electron chi connectivity index (χ2n) is 1.82. The standard InChI is InChI=1S/C6H10O3/c1-5(8)3-6(4-7)9-2/h4,6H,3H2,1-2H3. The molecule has 0 aromatic rings. The van der Waals surface area contributed by atoms with E-state index in [0.29, 0.717) is 6.29 Å². The summed E-state index contributed by atoms with van der Waals surface area (Å²) in [4.78, 5) is 20.3. The highest BCUT2D eigenvalue weighted by Crippen LogP contribution is 1.92. The zero-order chi connectivity index (χ0) is 7.28. The van der Waals surface area contributed by atoms with Gasteiger partial charge in [-0.2, -0.15) is 0 Å². The fraction of sp³-hybridized carbons (Fsp3) is 0.667. The van der Waals surface area contributed by atoms with Gasteiger partial charge >= 0.3 is 0 Å². The number of ketones is 1. The minimum Gasteiger partial charge on any atom is -0.374 e. The van der Waals surface area contributed by atoms with Gasteiger partial charge < -0.3 is 9.53 Å². The topological polar surface area (TPSA) is 43.4 Å². The lowest BCUT2D eigenvalue weighted by Crippen LogP contribution is -2.15. The van der Waals surface area contributed by atoms with E-state index in [1.54, 1.807) is 0 Å². The van der Waals surface area contributed by atoms with E-state index >= 15 is 0 Å². The summed E-state index contributed by atoms with van der Waals surface area (Å²) in [6.45, 7) is 1.43. The average Bonchev–Trinajstić information content (AvgIpc) is 1.82. The van der Waals surface area contributed by atoms with Gasteiger partial charge in [-0.25, -0.2) is 0 Å². The molecule has 0 rings (SSSR count). The molecule has 3 nitrogen and oxygen atoms in total. The van der Waals surface area contributed by atoms with Crippen LogP contribution in [0.3, 0.4) is 0 Å². The van der Waals surface area contributed by atoms with Crippen LogP contribution < -0.4 is 0 Å². The smallest absolute Gasteiger partial charge is 0.149 e. The molecular formula is C6H10O3. The van der Waals surface area contributed by atoms with Crippen molar-refractivity contribution in [3.8, 4) is 0 Å². The zero-order valence-electron chi connectivity index (χ0n) is 5.59. The molecule has 0 aromatic heterocycles. The highest BCUT2D eigenvalue weighted by atomic mass is 16.5. The molecule has 0 heterocycles. The summed E-state index contributed by atoms with van der Waals surface area (Å²) >= 11 is 0. The summed E-state index contributed by atoms with van der Waals surface area (Å²) in [6.07, 6.45) is 0.254. The molecular weight excluding hydrogens is 120 g/mol. The molecule has 0 aliphatic rings. The van der Waals surface area contributed by atoms with Gasteiger partial charge in [0.1, 0.15) is 18.2 Å². The molecule has 0 amide bonds. The van der Waals surface area contributed by atoms with E-state index in [1.807, 2.05) is 0 Å². The van der Waals surface area contributed by atoms with Crippen molar-refractivity contribution in [2.75, 3.05) is 7.11 Å². The van der Waals surface area contributed by atoms with E-state index < -0.39 is 6.10 Å². The Kier molecular flexibility index (Phi) is 3.88.